The Morgan fingerprint density at radius 3 is 2.55 bits per heavy atom. The summed E-state index contributed by atoms with van der Waals surface area (Å²) in [5.41, 5.74) is 1.23. The first-order chi connectivity index (χ1) is 14.7. The highest BCUT2D eigenvalue weighted by Crippen LogP contribution is 2.23. The number of piperidine rings is 1. The SMILES string of the molecule is CCNC(=NCC1CCN(Cc2ccccc2Cl)CC1)N(C)CCC1CCOCC1.I. The topological polar surface area (TPSA) is 40.1 Å². The van der Waals surface area contributed by atoms with Crippen LogP contribution in [0.2, 0.25) is 5.02 Å². The molecule has 2 saturated heterocycles. The lowest BCUT2D eigenvalue weighted by molar-refractivity contribution is 0.0625. The Morgan fingerprint density at radius 1 is 1.16 bits per heavy atom. The summed E-state index contributed by atoms with van der Waals surface area (Å²) in [7, 11) is 2.17. The average molecular weight is 563 g/mol. The minimum absolute atomic E-state index is 0. The molecule has 5 nitrogen and oxygen atoms in total. The van der Waals surface area contributed by atoms with E-state index in [0.717, 1.165) is 69.4 Å². The second-order valence-corrected chi connectivity index (χ2v) is 9.18. The number of nitrogens with zero attached hydrogens (tertiary/aromatic N) is 3. The summed E-state index contributed by atoms with van der Waals surface area (Å²) in [5, 5.41) is 4.36. The van der Waals surface area contributed by atoms with Crippen LogP contribution in [0.15, 0.2) is 29.3 Å². The van der Waals surface area contributed by atoms with E-state index in [1.165, 1.54) is 37.7 Å². The van der Waals surface area contributed by atoms with Crippen molar-refractivity contribution < 1.29 is 4.74 Å². The molecule has 0 radical (unpaired) electrons. The van der Waals surface area contributed by atoms with Gasteiger partial charge in [-0.25, -0.2) is 0 Å². The van der Waals surface area contributed by atoms with E-state index in [0.29, 0.717) is 5.92 Å². The van der Waals surface area contributed by atoms with Crippen LogP contribution in [0, 0.1) is 11.8 Å². The van der Waals surface area contributed by atoms with Crippen LogP contribution in [0.1, 0.15) is 44.6 Å². The number of hydrogen-bond donors (Lipinski definition) is 1. The van der Waals surface area contributed by atoms with Gasteiger partial charge in [-0.3, -0.25) is 9.89 Å². The number of likely N-dealkylation sites (tertiary alicyclic amines) is 1. The number of benzene rings is 1. The molecule has 0 amide bonds. The fraction of sp³-hybridized carbons (Fsp3) is 0.708. The normalized spacial score (nSPS) is 19.1. The lowest BCUT2D eigenvalue weighted by Gasteiger charge is -2.32. The van der Waals surface area contributed by atoms with Crippen molar-refractivity contribution >= 4 is 41.5 Å². The second kappa shape index (κ2) is 14.6. The van der Waals surface area contributed by atoms with Crippen LogP contribution in [0.4, 0.5) is 0 Å². The number of aliphatic imine (C=N–C) groups is 1. The third-order valence-electron chi connectivity index (χ3n) is 6.47. The van der Waals surface area contributed by atoms with E-state index in [-0.39, 0.29) is 24.0 Å². The fourth-order valence-electron chi connectivity index (χ4n) is 4.40. The van der Waals surface area contributed by atoms with Gasteiger partial charge in [0.05, 0.1) is 0 Å². The number of rotatable bonds is 8. The molecule has 7 heteroatoms. The molecule has 2 heterocycles. The Kier molecular flexibility index (Phi) is 12.5. The Balaban J connectivity index is 0.00000341. The monoisotopic (exact) mass is 562 g/mol. The minimum atomic E-state index is 0. The van der Waals surface area contributed by atoms with Crippen LogP contribution in [-0.2, 0) is 11.3 Å². The highest BCUT2D eigenvalue weighted by atomic mass is 127. The summed E-state index contributed by atoms with van der Waals surface area (Å²) >= 11 is 6.33. The second-order valence-electron chi connectivity index (χ2n) is 8.77. The third-order valence-corrected chi connectivity index (χ3v) is 6.84. The number of ether oxygens (including phenoxy) is 1. The molecule has 176 valence electrons. The maximum atomic E-state index is 6.33. The fourth-order valence-corrected chi connectivity index (χ4v) is 4.59. The van der Waals surface area contributed by atoms with Gasteiger partial charge >= 0.3 is 0 Å². The average Bonchev–Trinajstić information content (AvgIpc) is 2.78. The van der Waals surface area contributed by atoms with Crippen LogP contribution < -0.4 is 5.32 Å². The van der Waals surface area contributed by atoms with Crippen molar-refractivity contribution in [3.63, 3.8) is 0 Å². The molecule has 1 aromatic rings. The van der Waals surface area contributed by atoms with E-state index in [9.17, 15) is 0 Å². The summed E-state index contributed by atoms with van der Waals surface area (Å²) < 4.78 is 5.49. The zero-order chi connectivity index (χ0) is 21.2. The summed E-state index contributed by atoms with van der Waals surface area (Å²) in [6.45, 7) is 10.1. The predicted molar refractivity (Wildman–Crippen MR) is 142 cm³/mol. The molecular formula is C24H40ClIN4O. The molecule has 2 aliphatic heterocycles. The van der Waals surface area contributed by atoms with Crippen molar-refractivity contribution in [1.82, 2.24) is 15.1 Å². The van der Waals surface area contributed by atoms with E-state index >= 15 is 0 Å². The summed E-state index contributed by atoms with van der Waals surface area (Å²) in [6, 6.07) is 8.19. The predicted octanol–water partition coefficient (Wildman–Crippen LogP) is 4.88. The number of halogens is 2. The first kappa shape index (κ1) is 26.7. The van der Waals surface area contributed by atoms with Crippen molar-refractivity contribution in [3.8, 4) is 0 Å². The molecule has 2 aliphatic rings. The molecule has 1 N–H and O–H groups in total. The van der Waals surface area contributed by atoms with Crippen molar-refractivity contribution in [2.75, 3.05) is 53.0 Å². The molecular weight excluding hydrogens is 523 g/mol. The van der Waals surface area contributed by atoms with Crippen molar-refractivity contribution in [2.45, 2.75) is 45.6 Å². The molecule has 0 bridgehead atoms. The maximum Gasteiger partial charge on any atom is 0.193 e. The van der Waals surface area contributed by atoms with Gasteiger partial charge in [0.1, 0.15) is 0 Å². The molecule has 0 spiro atoms. The highest BCUT2D eigenvalue weighted by Gasteiger charge is 2.20. The van der Waals surface area contributed by atoms with E-state index in [1.807, 2.05) is 12.1 Å². The smallest absolute Gasteiger partial charge is 0.193 e. The van der Waals surface area contributed by atoms with Gasteiger partial charge in [0.25, 0.3) is 0 Å². The van der Waals surface area contributed by atoms with Gasteiger partial charge in [0.15, 0.2) is 5.96 Å². The van der Waals surface area contributed by atoms with Gasteiger partial charge in [0, 0.05) is 51.5 Å². The molecule has 0 saturated carbocycles. The zero-order valence-corrected chi connectivity index (χ0v) is 22.3. The van der Waals surface area contributed by atoms with Crippen molar-refractivity contribution in [3.05, 3.63) is 34.9 Å². The Bertz CT molecular complexity index is 661. The number of nitrogens with one attached hydrogen (secondary N) is 1. The first-order valence-electron chi connectivity index (χ1n) is 11.7. The van der Waals surface area contributed by atoms with E-state index in [1.54, 1.807) is 0 Å². The Hall–Kier alpha value is -0.570. The quantitative estimate of drug-likeness (QED) is 0.278. The molecule has 0 aliphatic carbocycles. The lowest BCUT2D eigenvalue weighted by Crippen LogP contribution is -2.41. The van der Waals surface area contributed by atoms with Gasteiger partial charge in [0.2, 0.25) is 0 Å². The first-order valence-corrected chi connectivity index (χ1v) is 12.1. The van der Waals surface area contributed by atoms with Crippen LogP contribution >= 0.6 is 35.6 Å². The molecule has 0 atom stereocenters. The van der Waals surface area contributed by atoms with Gasteiger partial charge in [-0.1, -0.05) is 29.8 Å². The van der Waals surface area contributed by atoms with Crippen molar-refractivity contribution in [2.24, 2.45) is 16.8 Å². The molecule has 1 aromatic carbocycles. The molecule has 3 rings (SSSR count). The van der Waals surface area contributed by atoms with E-state index < -0.39 is 0 Å². The van der Waals surface area contributed by atoms with Crippen LogP contribution in [-0.4, -0.2) is 68.7 Å². The van der Waals surface area contributed by atoms with Gasteiger partial charge < -0.3 is 15.0 Å². The van der Waals surface area contributed by atoms with Gasteiger partial charge in [-0.2, -0.15) is 0 Å². The molecule has 2 fully saturated rings. The van der Waals surface area contributed by atoms with Gasteiger partial charge in [-0.15, -0.1) is 24.0 Å². The zero-order valence-electron chi connectivity index (χ0n) is 19.2. The van der Waals surface area contributed by atoms with Gasteiger partial charge in [-0.05, 0) is 75.6 Å². The number of hydrogen-bond acceptors (Lipinski definition) is 3. The Labute approximate surface area is 211 Å². The summed E-state index contributed by atoms with van der Waals surface area (Å²) in [6.07, 6.45) is 6.05. The maximum absolute atomic E-state index is 6.33. The van der Waals surface area contributed by atoms with Crippen molar-refractivity contribution in [1.29, 1.82) is 0 Å². The number of guanidine groups is 1. The van der Waals surface area contributed by atoms with Crippen LogP contribution in [0.5, 0.6) is 0 Å². The summed E-state index contributed by atoms with van der Waals surface area (Å²) in [5.74, 6) is 2.53. The molecule has 0 unspecified atom stereocenters. The largest absolute Gasteiger partial charge is 0.381 e. The van der Waals surface area contributed by atoms with E-state index in [2.05, 4.69) is 41.2 Å². The van der Waals surface area contributed by atoms with Crippen LogP contribution in [0.3, 0.4) is 0 Å². The third kappa shape index (κ3) is 9.06. The molecule has 0 aromatic heterocycles. The van der Waals surface area contributed by atoms with Crippen LogP contribution in [0.25, 0.3) is 0 Å². The standard InChI is InChI=1S/C24H39ClN4O.HI/c1-3-26-24(28(2)13-8-20-11-16-30-17-12-20)27-18-21-9-14-29(15-10-21)19-22-6-4-5-7-23(22)25;/h4-7,20-21H,3,8-19H2,1-2H3,(H,26,27);1H. The minimum Gasteiger partial charge on any atom is -0.381 e. The molecule has 31 heavy (non-hydrogen) atoms. The lowest BCUT2D eigenvalue weighted by atomic mass is 9.96. The summed E-state index contributed by atoms with van der Waals surface area (Å²) in [4.78, 5) is 9.82. The highest BCUT2D eigenvalue weighted by molar-refractivity contribution is 14.0. The van der Waals surface area contributed by atoms with E-state index in [4.69, 9.17) is 21.3 Å². The Morgan fingerprint density at radius 2 is 1.87 bits per heavy atom.